The van der Waals surface area contributed by atoms with Crippen LogP contribution < -0.4 is 14.8 Å². The summed E-state index contributed by atoms with van der Waals surface area (Å²) >= 11 is 5.99. The average Bonchev–Trinajstić information content (AvgIpc) is 2.57. The number of aryl methyl sites for hydroxylation is 1. The van der Waals surface area contributed by atoms with Crippen LogP contribution in [0.25, 0.3) is 0 Å². The van der Waals surface area contributed by atoms with Gasteiger partial charge in [-0.05, 0) is 29.2 Å². The fourth-order valence-corrected chi connectivity index (χ4v) is 2.98. The molecular formula is C15H12ClF2NO6P+. The number of benzene rings is 2. The van der Waals surface area contributed by atoms with Crippen LogP contribution in [0.15, 0.2) is 30.3 Å². The maximum atomic E-state index is 12.2. The Morgan fingerprint density at radius 1 is 1.23 bits per heavy atom. The van der Waals surface area contributed by atoms with Gasteiger partial charge in [-0.15, -0.1) is 4.52 Å². The zero-order valence-electron chi connectivity index (χ0n) is 13.4. The Hall–Kier alpha value is -2.35. The van der Waals surface area contributed by atoms with Crippen LogP contribution in [0.5, 0.6) is 17.2 Å². The first kappa shape index (κ1) is 20.0. The molecule has 0 heterocycles. The summed E-state index contributed by atoms with van der Waals surface area (Å²) in [5.74, 6) is 0.0974. The first-order valence-corrected chi connectivity index (χ1v) is 8.51. The van der Waals surface area contributed by atoms with Crippen molar-refractivity contribution in [2.24, 2.45) is 0 Å². The smallest absolute Gasteiger partial charge is 0.455 e. The van der Waals surface area contributed by atoms with E-state index in [1.807, 2.05) is 0 Å². The van der Waals surface area contributed by atoms with Gasteiger partial charge in [0.25, 0.3) is 0 Å². The summed E-state index contributed by atoms with van der Waals surface area (Å²) < 4.78 is 50.9. The fraction of sp³-hybridized carbons (Fsp3) is 0.200. The molecule has 1 unspecified atom stereocenters. The minimum Gasteiger partial charge on any atom is -0.455 e. The van der Waals surface area contributed by atoms with Crippen molar-refractivity contribution >= 4 is 30.6 Å². The number of nitro benzene ring substituents is 1. The molecule has 0 fully saturated rings. The number of hydrogen-bond acceptors (Lipinski definition) is 6. The molecule has 0 amide bonds. The van der Waals surface area contributed by atoms with Crippen LogP contribution in [0.4, 0.5) is 14.5 Å². The Morgan fingerprint density at radius 3 is 2.46 bits per heavy atom. The van der Waals surface area contributed by atoms with E-state index in [0.717, 1.165) is 13.2 Å². The Labute approximate surface area is 152 Å². The van der Waals surface area contributed by atoms with Gasteiger partial charge < -0.3 is 9.47 Å². The van der Waals surface area contributed by atoms with Gasteiger partial charge in [-0.1, -0.05) is 11.6 Å². The van der Waals surface area contributed by atoms with E-state index in [2.05, 4.69) is 9.26 Å². The number of nitro groups is 1. The maximum Gasteiger partial charge on any atom is 0.556 e. The number of alkyl halides is 2. The lowest BCUT2D eigenvalue weighted by Crippen LogP contribution is -2.08. The zero-order valence-corrected chi connectivity index (χ0v) is 15.1. The van der Waals surface area contributed by atoms with Gasteiger partial charge in [-0.3, -0.25) is 10.1 Å². The summed E-state index contributed by atoms with van der Waals surface area (Å²) in [5.41, 5.74) is 0.00789. The summed E-state index contributed by atoms with van der Waals surface area (Å²) in [4.78, 5) is 10.4. The molecule has 0 aliphatic rings. The average molecular weight is 407 g/mol. The lowest BCUT2D eigenvalue weighted by molar-refractivity contribution is -0.383. The molecule has 138 valence electrons. The van der Waals surface area contributed by atoms with Crippen LogP contribution >= 0.6 is 19.6 Å². The number of ether oxygens (including phenoxy) is 2. The molecule has 7 nitrogen and oxygen atoms in total. The molecule has 26 heavy (non-hydrogen) atoms. The molecule has 1 atom stereocenters. The normalized spacial score (nSPS) is 11.4. The van der Waals surface area contributed by atoms with Gasteiger partial charge in [-0.25, -0.2) is 0 Å². The molecule has 2 aromatic carbocycles. The third-order valence-corrected chi connectivity index (χ3v) is 4.56. The summed E-state index contributed by atoms with van der Waals surface area (Å²) in [6, 6.07) is 6.08. The molecule has 0 aromatic heterocycles. The number of halogens is 3. The van der Waals surface area contributed by atoms with Gasteiger partial charge in [0.15, 0.2) is 0 Å². The molecule has 0 N–H and O–H groups in total. The minimum absolute atomic E-state index is 0.0152. The Bertz CT molecular complexity index is 864. The minimum atomic E-state index is -3.00. The van der Waals surface area contributed by atoms with E-state index >= 15 is 0 Å². The predicted octanol–water partition coefficient (Wildman–Crippen LogP) is 4.96. The van der Waals surface area contributed by atoms with Crippen LogP contribution in [-0.4, -0.2) is 18.6 Å². The highest BCUT2D eigenvalue weighted by Crippen LogP contribution is 2.37. The predicted molar refractivity (Wildman–Crippen MR) is 90.2 cm³/mol. The third-order valence-electron chi connectivity index (χ3n) is 3.18. The molecule has 11 heteroatoms. The molecule has 0 aliphatic heterocycles. The fourth-order valence-electron chi connectivity index (χ4n) is 2.02. The van der Waals surface area contributed by atoms with Crippen molar-refractivity contribution in [3.05, 3.63) is 51.0 Å². The van der Waals surface area contributed by atoms with E-state index in [4.69, 9.17) is 16.3 Å². The van der Waals surface area contributed by atoms with Crippen molar-refractivity contribution in [1.29, 1.82) is 0 Å². The quantitative estimate of drug-likeness (QED) is 0.366. The van der Waals surface area contributed by atoms with Gasteiger partial charge in [0, 0.05) is 18.2 Å². The van der Waals surface area contributed by atoms with Crippen LogP contribution in [0.1, 0.15) is 5.56 Å². The van der Waals surface area contributed by atoms with Crippen LogP contribution in [0.2, 0.25) is 5.02 Å². The Kier molecular flexibility index (Phi) is 6.42. The van der Waals surface area contributed by atoms with Crippen molar-refractivity contribution < 1.29 is 32.3 Å². The second kappa shape index (κ2) is 8.35. The largest absolute Gasteiger partial charge is 0.556 e. The van der Waals surface area contributed by atoms with E-state index in [9.17, 15) is 23.5 Å². The molecular weight excluding hydrogens is 395 g/mol. The maximum absolute atomic E-state index is 12.2. The van der Waals surface area contributed by atoms with E-state index in [1.165, 1.54) is 24.3 Å². The lowest BCUT2D eigenvalue weighted by atomic mass is 10.2. The molecule has 0 saturated heterocycles. The second-order valence-corrected chi connectivity index (χ2v) is 6.64. The molecule has 0 saturated carbocycles. The highest BCUT2D eigenvalue weighted by Gasteiger charge is 2.34. The van der Waals surface area contributed by atoms with Crippen LogP contribution in [0.3, 0.4) is 0 Å². The van der Waals surface area contributed by atoms with Gasteiger partial charge in [0.2, 0.25) is 0 Å². The van der Waals surface area contributed by atoms with Gasteiger partial charge in [-0.2, -0.15) is 8.78 Å². The van der Waals surface area contributed by atoms with Crippen molar-refractivity contribution in [1.82, 2.24) is 0 Å². The highest BCUT2D eigenvalue weighted by atomic mass is 35.5. The Balaban J connectivity index is 2.40. The molecule has 0 aliphatic carbocycles. The van der Waals surface area contributed by atoms with E-state index in [0.29, 0.717) is 5.56 Å². The first-order chi connectivity index (χ1) is 12.2. The van der Waals surface area contributed by atoms with Crippen LogP contribution in [0, 0.1) is 17.0 Å². The van der Waals surface area contributed by atoms with Crippen molar-refractivity contribution in [2.45, 2.75) is 13.5 Å². The van der Waals surface area contributed by atoms with E-state index < -0.39 is 19.6 Å². The summed E-state index contributed by atoms with van der Waals surface area (Å²) in [7, 11) is -1.31. The molecule has 0 bridgehead atoms. The summed E-state index contributed by atoms with van der Waals surface area (Å²) in [6.07, 6.45) is 0. The van der Waals surface area contributed by atoms with E-state index in [-0.39, 0.29) is 33.3 Å². The molecule has 2 aromatic rings. The molecule has 2 rings (SSSR count). The summed E-state index contributed by atoms with van der Waals surface area (Å²) in [5, 5.41) is 11.0. The topological polar surface area (TPSA) is 87.9 Å². The molecule has 0 spiro atoms. The zero-order chi connectivity index (χ0) is 19.4. The first-order valence-electron chi connectivity index (χ1n) is 6.95. The second-order valence-electron chi connectivity index (χ2n) is 4.88. The van der Waals surface area contributed by atoms with Gasteiger partial charge in [0.05, 0.1) is 17.1 Å². The number of nitrogens with zero attached hydrogens (tertiary/aromatic N) is 1. The van der Waals surface area contributed by atoms with Gasteiger partial charge in [0.1, 0.15) is 17.2 Å². The van der Waals surface area contributed by atoms with Crippen molar-refractivity contribution in [2.75, 3.05) is 7.11 Å². The molecule has 0 radical (unpaired) electrons. The monoisotopic (exact) mass is 406 g/mol. The SMILES string of the molecule is CO[P+](=O)c1cc(Oc2ccc(OC(F)F)cc2Cl)c(C)cc1[N+](=O)[O-]. The van der Waals surface area contributed by atoms with E-state index in [1.54, 1.807) is 6.92 Å². The van der Waals surface area contributed by atoms with Crippen LogP contribution in [-0.2, 0) is 9.09 Å². The third kappa shape index (κ3) is 4.63. The van der Waals surface area contributed by atoms with Crippen molar-refractivity contribution in [3.8, 4) is 17.2 Å². The number of rotatable bonds is 7. The summed E-state index contributed by atoms with van der Waals surface area (Å²) in [6.45, 7) is -1.45. The van der Waals surface area contributed by atoms with Crippen molar-refractivity contribution in [3.63, 3.8) is 0 Å². The lowest BCUT2D eigenvalue weighted by Gasteiger charge is -2.11. The number of hydrogen-bond donors (Lipinski definition) is 0. The standard InChI is InChI=1S/C15H12ClF2NO6P/c1-8-5-11(19(20)21)14(26(22)23-2)7-13(8)25-12-4-3-9(6-10(12)16)24-15(17)18/h3-7,15H,1-2H3/q+1. The van der Waals surface area contributed by atoms with Gasteiger partial charge >= 0.3 is 25.6 Å². The highest BCUT2D eigenvalue weighted by molar-refractivity contribution is 7.48. The Morgan fingerprint density at radius 2 is 1.92 bits per heavy atom.